The van der Waals surface area contributed by atoms with Gasteiger partial charge in [-0.1, -0.05) is 49.7 Å². The molecule has 0 unspecified atom stereocenters. The van der Waals surface area contributed by atoms with E-state index >= 15 is 0 Å². The summed E-state index contributed by atoms with van der Waals surface area (Å²) in [7, 11) is 0. The van der Waals surface area contributed by atoms with Crippen LogP contribution in [0.15, 0.2) is 48.5 Å². The van der Waals surface area contributed by atoms with E-state index in [9.17, 15) is 9.59 Å². The fourth-order valence-corrected chi connectivity index (χ4v) is 3.26. The van der Waals surface area contributed by atoms with Gasteiger partial charge in [-0.05, 0) is 43.0 Å². The molecule has 1 aliphatic rings. The summed E-state index contributed by atoms with van der Waals surface area (Å²) in [5.74, 6) is -0.238. The van der Waals surface area contributed by atoms with Crippen molar-refractivity contribution in [3.05, 3.63) is 65.2 Å². The standard InChI is InChI=1S/C21H24N2O2/c1-14(2)19(22-20(24)17-9-6-7-15(3)13-17)21(25)23-12-11-16-8-4-5-10-18(16)23/h4-10,13-14,19H,11-12H2,1-3H3,(H,22,24)/t19-/m0/s1. The molecule has 0 bridgehead atoms. The van der Waals surface area contributed by atoms with Gasteiger partial charge in [-0.15, -0.1) is 0 Å². The van der Waals surface area contributed by atoms with Crippen LogP contribution < -0.4 is 10.2 Å². The van der Waals surface area contributed by atoms with E-state index in [1.54, 1.807) is 11.0 Å². The number of hydrogen-bond donors (Lipinski definition) is 1. The van der Waals surface area contributed by atoms with Gasteiger partial charge in [0.15, 0.2) is 0 Å². The van der Waals surface area contributed by atoms with Crippen LogP contribution in [-0.2, 0) is 11.2 Å². The maximum Gasteiger partial charge on any atom is 0.251 e. The third-order valence-electron chi connectivity index (χ3n) is 4.65. The molecule has 4 nitrogen and oxygen atoms in total. The first-order chi connectivity index (χ1) is 12.0. The van der Waals surface area contributed by atoms with E-state index in [0.29, 0.717) is 12.1 Å². The minimum atomic E-state index is -0.542. The highest BCUT2D eigenvalue weighted by atomic mass is 16.2. The second-order valence-electron chi connectivity index (χ2n) is 6.93. The van der Waals surface area contributed by atoms with Gasteiger partial charge in [-0.3, -0.25) is 9.59 Å². The molecule has 0 radical (unpaired) electrons. The van der Waals surface area contributed by atoms with Gasteiger partial charge in [0.25, 0.3) is 5.91 Å². The van der Waals surface area contributed by atoms with Gasteiger partial charge in [0.05, 0.1) is 0 Å². The molecule has 1 atom stereocenters. The van der Waals surface area contributed by atoms with Crippen molar-refractivity contribution >= 4 is 17.5 Å². The normalized spacial score (nSPS) is 14.3. The Morgan fingerprint density at radius 2 is 1.84 bits per heavy atom. The molecule has 0 aliphatic carbocycles. The number of hydrogen-bond acceptors (Lipinski definition) is 2. The molecule has 0 spiro atoms. The molecule has 2 amide bonds. The van der Waals surface area contributed by atoms with Crippen LogP contribution in [0, 0.1) is 12.8 Å². The van der Waals surface area contributed by atoms with E-state index in [2.05, 4.69) is 11.4 Å². The maximum absolute atomic E-state index is 13.1. The van der Waals surface area contributed by atoms with Crippen LogP contribution in [0.25, 0.3) is 0 Å². The highest BCUT2D eigenvalue weighted by Gasteiger charge is 2.32. The third kappa shape index (κ3) is 3.58. The lowest BCUT2D eigenvalue weighted by atomic mass is 10.0. The molecule has 1 heterocycles. The summed E-state index contributed by atoms with van der Waals surface area (Å²) in [6.07, 6.45) is 0.860. The van der Waals surface area contributed by atoms with Gasteiger partial charge >= 0.3 is 0 Å². The number of benzene rings is 2. The minimum absolute atomic E-state index is 0.00835. The minimum Gasteiger partial charge on any atom is -0.340 e. The number of fused-ring (bicyclic) bond motifs is 1. The number of rotatable bonds is 4. The predicted molar refractivity (Wildman–Crippen MR) is 99.8 cm³/mol. The van der Waals surface area contributed by atoms with Crippen LogP contribution in [0.3, 0.4) is 0 Å². The molecule has 25 heavy (non-hydrogen) atoms. The first-order valence-electron chi connectivity index (χ1n) is 8.74. The molecule has 130 valence electrons. The Balaban J connectivity index is 1.80. The fraction of sp³-hybridized carbons (Fsp3) is 0.333. The second kappa shape index (κ2) is 7.09. The van der Waals surface area contributed by atoms with Crippen molar-refractivity contribution in [3.8, 4) is 0 Å². The number of carbonyl (C=O) groups excluding carboxylic acids is 2. The van der Waals surface area contributed by atoms with Crippen molar-refractivity contribution in [2.24, 2.45) is 5.92 Å². The SMILES string of the molecule is Cc1cccc(C(=O)N[C@H](C(=O)N2CCc3ccccc32)C(C)C)c1. The maximum atomic E-state index is 13.1. The molecule has 2 aromatic carbocycles. The lowest BCUT2D eigenvalue weighted by molar-refractivity contribution is -0.121. The van der Waals surface area contributed by atoms with Crippen molar-refractivity contribution < 1.29 is 9.59 Å². The summed E-state index contributed by atoms with van der Waals surface area (Å²) in [5.41, 5.74) is 3.75. The number of amides is 2. The average molecular weight is 336 g/mol. The molecule has 3 rings (SSSR count). The second-order valence-corrected chi connectivity index (χ2v) is 6.93. The monoisotopic (exact) mass is 336 g/mol. The molecular formula is C21H24N2O2. The molecular weight excluding hydrogens is 312 g/mol. The number of para-hydroxylation sites is 1. The van der Waals surface area contributed by atoms with Crippen molar-refractivity contribution in [1.29, 1.82) is 0 Å². The van der Waals surface area contributed by atoms with Gasteiger partial charge in [0.2, 0.25) is 5.91 Å². The lowest BCUT2D eigenvalue weighted by Crippen LogP contribution is -2.51. The highest BCUT2D eigenvalue weighted by molar-refractivity contribution is 6.03. The Labute approximate surface area is 148 Å². The molecule has 0 saturated carbocycles. The molecule has 0 fully saturated rings. The van der Waals surface area contributed by atoms with Crippen LogP contribution >= 0.6 is 0 Å². The first-order valence-corrected chi connectivity index (χ1v) is 8.74. The van der Waals surface area contributed by atoms with Gasteiger partial charge < -0.3 is 10.2 Å². The first kappa shape index (κ1) is 17.2. The summed E-state index contributed by atoms with van der Waals surface area (Å²) in [4.78, 5) is 27.5. The Morgan fingerprint density at radius 3 is 2.56 bits per heavy atom. The summed E-state index contributed by atoms with van der Waals surface area (Å²) in [6.45, 7) is 6.53. The Kier molecular flexibility index (Phi) is 4.88. The number of aryl methyl sites for hydroxylation is 1. The van der Waals surface area contributed by atoms with E-state index < -0.39 is 6.04 Å². The highest BCUT2D eigenvalue weighted by Crippen LogP contribution is 2.28. The average Bonchev–Trinajstić information content (AvgIpc) is 3.02. The van der Waals surface area contributed by atoms with Gasteiger partial charge in [-0.25, -0.2) is 0 Å². The Hall–Kier alpha value is -2.62. The van der Waals surface area contributed by atoms with Crippen molar-refractivity contribution in [2.75, 3.05) is 11.4 Å². The molecule has 0 saturated heterocycles. The van der Waals surface area contributed by atoms with Crippen LogP contribution in [0.1, 0.15) is 35.3 Å². The zero-order valence-electron chi connectivity index (χ0n) is 15.0. The van der Waals surface area contributed by atoms with E-state index in [0.717, 1.165) is 17.7 Å². The summed E-state index contributed by atoms with van der Waals surface area (Å²) in [5, 5.41) is 2.94. The van der Waals surface area contributed by atoms with E-state index in [-0.39, 0.29) is 17.7 Å². The lowest BCUT2D eigenvalue weighted by Gasteiger charge is -2.27. The van der Waals surface area contributed by atoms with Crippen molar-refractivity contribution in [3.63, 3.8) is 0 Å². The molecule has 4 heteroatoms. The fourth-order valence-electron chi connectivity index (χ4n) is 3.26. The molecule has 0 aromatic heterocycles. The van der Waals surface area contributed by atoms with Crippen LogP contribution in [0.5, 0.6) is 0 Å². The van der Waals surface area contributed by atoms with Gasteiger partial charge in [0.1, 0.15) is 6.04 Å². The quantitative estimate of drug-likeness (QED) is 0.931. The van der Waals surface area contributed by atoms with Crippen LogP contribution in [0.4, 0.5) is 5.69 Å². The van der Waals surface area contributed by atoms with E-state index in [4.69, 9.17) is 0 Å². The number of nitrogens with zero attached hydrogens (tertiary/aromatic N) is 1. The van der Waals surface area contributed by atoms with Gasteiger partial charge in [0, 0.05) is 17.8 Å². The summed E-state index contributed by atoms with van der Waals surface area (Å²) >= 11 is 0. The number of nitrogens with one attached hydrogen (secondary N) is 1. The van der Waals surface area contributed by atoms with Crippen molar-refractivity contribution in [2.45, 2.75) is 33.2 Å². The van der Waals surface area contributed by atoms with E-state index in [1.165, 1.54) is 5.56 Å². The number of carbonyl (C=O) groups is 2. The van der Waals surface area contributed by atoms with E-state index in [1.807, 2.05) is 57.2 Å². The molecule has 2 aromatic rings. The van der Waals surface area contributed by atoms with Crippen molar-refractivity contribution in [1.82, 2.24) is 5.32 Å². The third-order valence-corrected chi connectivity index (χ3v) is 4.65. The predicted octanol–water partition coefficient (Wildman–Crippen LogP) is 3.34. The van der Waals surface area contributed by atoms with Crippen LogP contribution in [0.2, 0.25) is 0 Å². The molecule has 1 aliphatic heterocycles. The summed E-state index contributed by atoms with van der Waals surface area (Å²) < 4.78 is 0. The summed E-state index contributed by atoms with van der Waals surface area (Å²) in [6, 6.07) is 14.8. The molecule has 1 N–H and O–H groups in total. The van der Waals surface area contributed by atoms with Gasteiger partial charge in [-0.2, -0.15) is 0 Å². The Bertz CT molecular complexity index is 798. The zero-order chi connectivity index (χ0) is 18.0. The zero-order valence-corrected chi connectivity index (χ0v) is 15.0. The largest absolute Gasteiger partial charge is 0.340 e. The topological polar surface area (TPSA) is 49.4 Å². The smallest absolute Gasteiger partial charge is 0.251 e. The number of anilines is 1. The van der Waals surface area contributed by atoms with Crippen LogP contribution in [-0.4, -0.2) is 24.4 Å². The Morgan fingerprint density at radius 1 is 1.08 bits per heavy atom.